The van der Waals surface area contributed by atoms with Gasteiger partial charge in [-0.15, -0.1) is 11.3 Å². The number of pyridine rings is 1. The van der Waals surface area contributed by atoms with Crippen LogP contribution in [0.4, 0.5) is 0 Å². The largest absolute Gasteiger partial charge is 0.336 e. The molecule has 0 bridgehead atoms. The van der Waals surface area contributed by atoms with Gasteiger partial charge in [0.25, 0.3) is 11.8 Å². The van der Waals surface area contributed by atoms with E-state index in [1.807, 2.05) is 64.4 Å². The Labute approximate surface area is 278 Å². The van der Waals surface area contributed by atoms with Gasteiger partial charge < -0.3 is 9.80 Å². The Morgan fingerprint density at radius 3 is 2.22 bits per heavy atom. The van der Waals surface area contributed by atoms with Gasteiger partial charge >= 0.3 is 0 Å². The number of nitrogens with zero attached hydrogens (tertiary/aromatic N) is 3. The summed E-state index contributed by atoms with van der Waals surface area (Å²) in [5.41, 5.74) is 3.84. The van der Waals surface area contributed by atoms with Gasteiger partial charge in [0.05, 0.1) is 5.02 Å². The molecule has 0 unspecified atom stereocenters. The minimum absolute atomic E-state index is 0.0146. The van der Waals surface area contributed by atoms with Crippen LogP contribution in [0.3, 0.4) is 0 Å². The van der Waals surface area contributed by atoms with Crippen LogP contribution >= 0.6 is 34.5 Å². The normalized spacial score (nSPS) is 16.4. The van der Waals surface area contributed by atoms with Crippen LogP contribution < -0.4 is 0 Å². The Hall–Kier alpha value is -3.71. The summed E-state index contributed by atoms with van der Waals surface area (Å²) in [7, 11) is 0. The lowest BCUT2D eigenvalue weighted by molar-refractivity contribution is 0.0473. The van der Waals surface area contributed by atoms with Gasteiger partial charge in [0.1, 0.15) is 4.88 Å². The molecular weight excluding hydrogens is 621 g/mol. The molecule has 0 N–H and O–H groups in total. The Balaban J connectivity index is 1.27. The van der Waals surface area contributed by atoms with Crippen LogP contribution in [-0.4, -0.2) is 45.2 Å². The van der Waals surface area contributed by atoms with Gasteiger partial charge in [-0.1, -0.05) is 72.6 Å². The number of thiophene rings is 1. The van der Waals surface area contributed by atoms with E-state index in [0.29, 0.717) is 33.6 Å². The fourth-order valence-corrected chi connectivity index (χ4v) is 8.06. The van der Waals surface area contributed by atoms with Crippen LogP contribution in [-0.2, 0) is 6.54 Å². The second kappa shape index (κ2) is 14.2. The van der Waals surface area contributed by atoms with E-state index in [1.165, 1.54) is 11.3 Å². The number of fused-ring (bicyclic) bond motifs is 1. The molecule has 0 spiro atoms. The molecule has 0 saturated heterocycles. The molecule has 0 radical (unpaired) electrons. The first-order valence-electron chi connectivity index (χ1n) is 15.5. The molecule has 2 amide bonds. The molecule has 2 aromatic heterocycles. The maximum Gasteiger partial charge on any atom is 0.266 e. The van der Waals surface area contributed by atoms with Crippen LogP contribution in [0, 0.1) is 0 Å². The molecule has 1 aliphatic rings. The van der Waals surface area contributed by atoms with Gasteiger partial charge in [0.2, 0.25) is 0 Å². The molecule has 5 nitrogen and oxygen atoms in total. The second-order valence-electron chi connectivity index (χ2n) is 11.6. The maximum absolute atomic E-state index is 14.4. The molecule has 8 heteroatoms. The zero-order valence-corrected chi connectivity index (χ0v) is 27.5. The number of hydrogen-bond donors (Lipinski definition) is 0. The van der Waals surface area contributed by atoms with Gasteiger partial charge in [-0.3, -0.25) is 14.6 Å². The molecule has 230 valence electrons. The number of amides is 2. The standard InChI is InChI=1S/C37H35Cl2N3O2S/c1-2-21-41(36(43)28-9-6-10-29(38)23-28)30-13-15-31(16-14-30)42(37(44)35-34(39)32-11-3-4-12-33(32)45-35)24-25-7-5-8-27(22-25)26-17-19-40-20-18-26/h3-12,17-20,22-23,30-31H,2,13-16,21,24H2,1H3. The molecule has 45 heavy (non-hydrogen) atoms. The molecule has 1 saturated carbocycles. The van der Waals surface area contributed by atoms with Gasteiger partial charge in [0, 0.05) is 58.2 Å². The summed E-state index contributed by atoms with van der Waals surface area (Å²) >= 11 is 14.5. The third-order valence-corrected chi connectivity index (χ3v) is 10.5. The first-order valence-corrected chi connectivity index (χ1v) is 17.0. The summed E-state index contributed by atoms with van der Waals surface area (Å²) in [5.74, 6) is -0.0277. The fourth-order valence-electron chi connectivity index (χ4n) is 6.40. The van der Waals surface area contributed by atoms with Crippen molar-refractivity contribution in [1.29, 1.82) is 0 Å². The number of benzene rings is 3. The summed E-state index contributed by atoms with van der Waals surface area (Å²) in [6, 6.07) is 27.6. The van der Waals surface area contributed by atoms with E-state index in [9.17, 15) is 9.59 Å². The van der Waals surface area contributed by atoms with E-state index in [2.05, 4.69) is 30.1 Å². The molecule has 6 rings (SSSR count). The van der Waals surface area contributed by atoms with Crippen molar-refractivity contribution in [3.8, 4) is 11.1 Å². The Kier molecular flexibility index (Phi) is 9.84. The van der Waals surface area contributed by atoms with Crippen LogP contribution in [0.25, 0.3) is 21.2 Å². The van der Waals surface area contributed by atoms with Crippen molar-refractivity contribution in [1.82, 2.24) is 14.8 Å². The SMILES string of the molecule is CCCN(C(=O)c1cccc(Cl)c1)C1CCC(N(Cc2cccc(-c3ccncc3)c2)C(=O)c2sc3ccccc3c2Cl)CC1. The highest BCUT2D eigenvalue weighted by atomic mass is 35.5. The number of carbonyl (C=O) groups excluding carboxylic acids is 2. The monoisotopic (exact) mass is 655 g/mol. The van der Waals surface area contributed by atoms with E-state index >= 15 is 0 Å². The molecule has 0 aliphatic heterocycles. The minimum atomic E-state index is -0.0422. The molecule has 3 aromatic carbocycles. The Morgan fingerprint density at radius 2 is 1.51 bits per heavy atom. The predicted molar refractivity (Wildman–Crippen MR) is 185 cm³/mol. The summed E-state index contributed by atoms with van der Waals surface area (Å²) in [6.45, 7) is 3.25. The van der Waals surface area contributed by atoms with Gasteiger partial charge in [-0.05, 0) is 91.3 Å². The molecule has 1 aliphatic carbocycles. The number of halogens is 2. The van der Waals surface area contributed by atoms with E-state index in [4.69, 9.17) is 23.2 Å². The smallest absolute Gasteiger partial charge is 0.266 e. The van der Waals surface area contributed by atoms with Crippen molar-refractivity contribution < 1.29 is 9.59 Å². The predicted octanol–water partition coefficient (Wildman–Crippen LogP) is 9.78. The van der Waals surface area contributed by atoms with Crippen molar-refractivity contribution >= 4 is 56.4 Å². The van der Waals surface area contributed by atoms with Gasteiger partial charge in [0.15, 0.2) is 0 Å². The van der Waals surface area contributed by atoms with Gasteiger partial charge in [-0.25, -0.2) is 0 Å². The van der Waals surface area contributed by atoms with E-state index < -0.39 is 0 Å². The molecule has 2 heterocycles. The Bertz CT molecular complexity index is 1800. The topological polar surface area (TPSA) is 53.5 Å². The second-order valence-corrected chi connectivity index (χ2v) is 13.4. The summed E-state index contributed by atoms with van der Waals surface area (Å²) in [5, 5.41) is 1.99. The number of hydrogen-bond acceptors (Lipinski definition) is 4. The minimum Gasteiger partial charge on any atom is -0.336 e. The average Bonchev–Trinajstić information content (AvgIpc) is 3.42. The molecular formula is C37H35Cl2N3O2S. The summed E-state index contributed by atoms with van der Waals surface area (Å²) < 4.78 is 1.00. The lowest BCUT2D eigenvalue weighted by atomic mass is 9.88. The van der Waals surface area contributed by atoms with E-state index in [1.54, 1.807) is 24.5 Å². The first-order chi connectivity index (χ1) is 21.9. The number of rotatable bonds is 9. The highest BCUT2D eigenvalue weighted by Crippen LogP contribution is 2.38. The quantitative estimate of drug-likeness (QED) is 0.159. The summed E-state index contributed by atoms with van der Waals surface area (Å²) in [4.78, 5) is 36.8. The van der Waals surface area contributed by atoms with E-state index in [-0.39, 0.29) is 23.9 Å². The lowest BCUT2D eigenvalue weighted by Gasteiger charge is -2.41. The number of aromatic nitrogens is 1. The summed E-state index contributed by atoms with van der Waals surface area (Å²) in [6.07, 6.45) is 7.68. The Morgan fingerprint density at radius 1 is 0.800 bits per heavy atom. The lowest BCUT2D eigenvalue weighted by Crippen LogP contribution is -2.47. The highest BCUT2D eigenvalue weighted by molar-refractivity contribution is 7.21. The van der Waals surface area contributed by atoms with Crippen molar-refractivity contribution in [2.75, 3.05) is 6.54 Å². The van der Waals surface area contributed by atoms with E-state index in [0.717, 1.165) is 58.9 Å². The third kappa shape index (κ3) is 6.94. The zero-order chi connectivity index (χ0) is 31.3. The number of carbonyl (C=O) groups is 2. The fraction of sp³-hybridized carbons (Fsp3) is 0.270. The zero-order valence-electron chi connectivity index (χ0n) is 25.2. The van der Waals surface area contributed by atoms with Crippen molar-refractivity contribution in [2.45, 2.75) is 57.7 Å². The average molecular weight is 657 g/mol. The third-order valence-electron chi connectivity index (χ3n) is 8.63. The van der Waals surface area contributed by atoms with Crippen LogP contribution in [0.5, 0.6) is 0 Å². The first kappa shape index (κ1) is 31.3. The van der Waals surface area contributed by atoms with Crippen molar-refractivity contribution in [3.05, 3.63) is 123 Å². The highest BCUT2D eigenvalue weighted by Gasteiger charge is 2.35. The van der Waals surface area contributed by atoms with Gasteiger partial charge in [-0.2, -0.15) is 0 Å². The van der Waals surface area contributed by atoms with Crippen LogP contribution in [0.1, 0.15) is 64.6 Å². The molecule has 5 aromatic rings. The van der Waals surface area contributed by atoms with Crippen LogP contribution in [0.2, 0.25) is 10.0 Å². The molecule has 1 fully saturated rings. The molecule has 0 atom stereocenters. The van der Waals surface area contributed by atoms with Crippen molar-refractivity contribution in [3.63, 3.8) is 0 Å². The maximum atomic E-state index is 14.4. The van der Waals surface area contributed by atoms with Crippen molar-refractivity contribution in [2.24, 2.45) is 0 Å². The van der Waals surface area contributed by atoms with Crippen LogP contribution in [0.15, 0.2) is 97.3 Å².